The molecule has 0 saturated carbocycles. The molecular formula is C17H14N2O2+2. The van der Waals surface area contributed by atoms with Gasteiger partial charge in [0.2, 0.25) is 5.69 Å². The van der Waals surface area contributed by atoms with Crippen molar-refractivity contribution in [2.75, 3.05) is 0 Å². The zero-order valence-electron chi connectivity index (χ0n) is 11.2. The molecule has 0 aliphatic carbocycles. The largest absolute Gasteiger partial charge is 0.478 e. The highest BCUT2D eigenvalue weighted by atomic mass is 16.4. The minimum atomic E-state index is -0.922. The fourth-order valence-electron chi connectivity index (χ4n) is 2.17. The summed E-state index contributed by atoms with van der Waals surface area (Å²) >= 11 is 0. The lowest BCUT2D eigenvalue weighted by atomic mass is 10.1. The van der Waals surface area contributed by atoms with Gasteiger partial charge in [-0.15, -0.1) is 0 Å². The van der Waals surface area contributed by atoms with Crippen LogP contribution in [0.15, 0.2) is 73.3 Å². The standard InChI is InChI=1S/C17H12N2O2/c20-17(21)15-2-1-3-16(12-15)19-10-6-14(7-11-19)13-4-8-18-9-5-13/h1-12H/p+2. The second-order valence-electron chi connectivity index (χ2n) is 4.64. The summed E-state index contributed by atoms with van der Waals surface area (Å²) < 4.78 is 1.89. The fourth-order valence-corrected chi connectivity index (χ4v) is 2.17. The van der Waals surface area contributed by atoms with Crippen LogP contribution in [0, 0.1) is 0 Å². The molecule has 3 rings (SSSR count). The van der Waals surface area contributed by atoms with E-state index >= 15 is 0 Å². The van der Waals surface area contributed by atoms with Gasteiger partial charge in [-0.3, -0.25) is 0 Å². The number of carbonyl (C=O) groups is 1. The summed E-state index contributed by atoms with van der Waals surface area (Å²) in [7, 11) is 0. The van der Waals surface area contributed by atoms with Gasteiger partial charge in [0, 0.05) is 36.4 Å². The van der Waals surface area contributed by atoms with Crippen LogP contribution in [0.5, 0.6) is 0 Å². The third kappa shape index (κ3) is 2.79. The van der Waals surface area contributed by atoms with Gasteiger partial charge in [0.1, 0.15) is 0 Å². The molecule has 0 aliphatic rings. The maximum atomic E-state index is 11.0. The first-order valence-corrected chi connectivity index (χ1v) is 6.55. The van der Waals surface area contributed by atoms with Crippen molar-refractivity contribution in [2.24, 2.45) is 0 Å². The van der Waals surface area contributed by atoms with Crippen LogP contribution in [0.3, 0.4) is 0 Å². The summed E-state index contributed by atoms with van der Waals surface area (Å²) in [6.45, 7) is 0. The average Bonchev–Trinajstić information content (AvgIpc) is 2.56. The molecule has 0 fully saturated rings. The zero-order chi connectivity index (χ0) is 14.7. The van der Waals surface area contributed by atoms with Crippen molar-refractivity contribution in [2.45, 2.75) is 0 Å². The molecule has 4 heteroatoms. The Balaban J connectivity index is 1.94. The molecule has 0 aliphatic heterocycles. The van der Waals surface area contributed by atoms with E-state index in [4.69, 9.17) is 5.11 Å². The molecule has 2 heterocycles. The third-order valence-electron chi connectivity index (χ3n) is 3.27. The summed E-state index contributed by atoms with van der Waals surface area (Å²) in [6.07, 6.45) is 7.61. The molecule has 0 spiro atoms. The molecule has 0 unspecified atom stereocenters. The van der Waals surface area contributed by atoms with Gasteiger partial charge in [0.15, 0.2) is 24.8 Å². The Bertz CT molecular complexity index is 768. The number of aromatic nitrogens is 2. The minimum Gasteiger partial charge on any atom is -0.478 e. The Kier molecular flexibility index (Phi) is 3.43. The molecule has 21 heavy (non-hydrogen) atoms. The third-order valence-corrected chi connectivity index (χ3v) is 3.27. The van der Waals surface area contributed by atoms with E-state index in [-0.39, 0.29) is 5.56 Å². The summed E-state index contributed by atoms with van der Waals surface area (Å²) in [5, 5.41) is 9.04. The van der Waals surface area contributed by atoms with Crippen molar-refractivity contribution in [3.63, 3.8) is 0 Å². The number of carboxylic acids is 1. The number of rotatable bonds is 3. The molecule has 2 aromatic heterocycles. The summed E-state index contributed by atoms with van der Waals surface area (Å²) in [5.41, 5.74) is 3.33. The van der Waals surface area contributed by atoms with Crippen LogP contribution in [0.1, 0.15) is 10.4 Å². The van der Waals surface area contributed by atoms with Gasteiger partial charge in [0.25, 0.3) is 0 Å². The molecule has 1 aromatic carbocycles. The molecule has 0 saturated heterocycles. The van der Waals surface area contributed by atoms with Crippen molar-refractivity contribution >= 4 is 5.97 Å². The van der Waals surface area contributed by atoms with Gasteiger partial charge >= 0.3 is 5.97 Å². The highest BCUT2D eigenvalue weighted by molar-refractivity contribution is 5.88. The Hall–Kier alpha value is -3.01. The summed E-state index contributed by atoms with van der Waals surface area (Å²) in [6, 6.07) is 14.9. The smallest absolute Gasteiger partial charge is 0.335 e. The number of aromatic amines is 1. The van der Waals surface area contributed by atoms with E-state index in [2.05, 4.69) is 4.98 Å². The SMILES string of the molecule is O=C(O)c1cccc(-[n+]2ccc(-c3cc[nH+]cc3)cc2)c1. The Morgan fingerprint density at radius 2 is 1.62 bits per heavy atom. The van der Waals surface area contributed by atoms with Crippen LogP contribution in [0.2, 0.25) is 0 Å². The van der Waals surface area contributed by atoms with Gasteiger partial charge in [0.05, 0.1) is 5.56 Å². The summed E-state index contributed by atoms with van der Waals surface area (Å²) in [4.78, 5) is 14.0. The van der Waals surface area contributed by atoms with Crippen molar-refractivity contribution < 1.29 is 19.5 Å². The number of pyridine rings is 2. The van der Waals surface area contributed by atoms with E-state index < -0.39 is 5.97 Å². The average molecular weight is 278 g/mol. The van der Waals surface area contributed by atoms with Crippen LogP contribution in [0.25, 0.3) is 16.8 Å². The second kappa shape index (κ2) is 5.54. The van der Waals surface area contributed by atoms with E-state index in [0.717, 1.165) is 16.8 Å². The maximum Gasteiger partial charge on any atom is 0.335 e. The van der Waals surface area contributed by atoms with Crippen molar-refractivity contribution in [1.82, 2.24) is 0 Å². The van der Waals surface area contributed by atoms with E-state index in [0.29, 0.717) is 0 Å². The molecule has 0 bridgehead atoms. The van der Waals surface area contributed by atoms with Gasteiger partial charge in [-0.05, 0) is 17.2 Å². The molecule has 3 aromatic rings. The van der Waals surface area contributed by atoms with Gasteiger partial charge in [-0.2, -0.15) is 4.57 Å². The lowest BCUT2D eigenvalue weighted by Gasteiger charge is -2.00. The first-order chi connectivity index (χ1) is 10.2. The molecule has 2 N–H and O–H groups in total. The van der Waals surface area contributed by atoms with Crippen molar-refractivity contribution in [3.8, 4) is 16.8 Å². The first-order valence-electron chi connectivity index (χ1n) is 6.55. The molecule has 102 valence electrons. The van der Waals surface area contributed by atoms with Crippen molar-refractivity contribution in [1.29, 1.82) is 0 Å². The second-order valence-corrected chi connectivity index (χ2v) is 4.64. The highest BCUT2D eigenvalue weighted by Gasteiger charge is 2.10. The maximum absolute atomic E-state index is 11.0. The molecule has 0 amide bonds. The minimum absolute atomic E-state index is 0.280. The van der Waals surface area contributed by atoms with E-state index in [1.165, 1.54) is 0 Å². The van der Waals surface area contributed by atoms with E-state index in [1.54, 1.807) is 18.2 Å². The molecule has 4 nitrogen and oxygen atoms in total. The topological polar surface area (TPSA) is 55.3 Å². The number of nitrogens with one attached hydrogen (secondary N) is 1. The lowest BCUT2D eigenvalue weighted by molar-refractivity contribution is -0.595. The monoisotopic (exact) mass is 278 g/mol. The van der Waals surface area contributed by atoms with E-state index in [9.17, 15) is 4.79 Å². The number of nitrogens with zero attached hydrogens (tertiary/aromatic N) is 1. The predicted octanol–water partition coefficient (Wildman–Crippen LogP) is 2.14. The van der Waals surface area contributed by atoms with Crippen LogP contribution in [-0.4, -0.2) is 11.1 Å². The Morgan fingerprint density at radius 1 is 0.952 bits per heavy atom. The molecular weight excluding hydrogens is 264 g/mol. The fraction of sp³-hybridized carbons (Fsp3) is 0. The van der Waals surface area contributed by atoms with Crippen molar-refractivity contribution in [3.05, 3.63) is 78.9 Å². The van der Waals surface area contributed by atoms with Crippen LogP contribution < -0.4 is 9.55 Å². The number of H-pyrrole nitrogens is 1. The zero-order valence-corrected chi connectivity index (χ0v) is 11.2. The van der Waals surface area contributed by atoms with Gasteiger partial charge in [-0.25, -0.2) is 9.78 Å². The molecule has 0 radical (unpaired) electrons. The van der Waals surface area contributed by atoms with Gasteiger partial charge < -0.3 is 5.11 Å². The first kappa shape index (κ1) is 13.0. The number of aromatic carboxylic acids is 1. The van der Waals surface area contributed by atoms with Gasteiger partial charge in [-0.1, -0.05) is 6.07 Å². The van der Waals surface area contributed by atoms with Crippen LogP contribution >= 0.6 is 0 Å². The number of hydrogen-bond acceptors (Lipinski definition) is 1. The van der Waals surface area contributed by atoms with Crippen LogP contribution in [-0.2, 0) is 0 Å². The number of hydrogen-bond donors (Lipinski definition) is 1. The van der Waals surface area contributed by atoms with E-state index in [1.807, 2.05) is 59.7 Å². The number of benzene rings is 1. The Morgan fingerprint density at radius 3 is 2.29 bits per heavy atom. The summed E-state index contributed by atoms with van der Waals surface area (Å²) in [5.74, 6) is -0.922. The lowest BCUT2D eigenvalue weighted by Crippen LogP contribution is -2.29. The number of carboxylic acid groups (broad SMARTS) is 1. The normalized spacial score (nSPS) is 10.3. The predicted molar refractivity (Wildman–Crippen MR) is 76.9 cm³/mol. The van der Waals surface area contributed by atoms with Crippen LogP contribution in [0.4, 0.5) is 0 Å². The quantitative estimate of drug-likeness (QED) is 0.746. The molecule has 0 atom stereocenters. The Labute approximate surface area is 122 Å². The highest BCUT2D eigenvalue weighted by Crippen LogP contribution is 2.15.